The van der Waals surface area contributed by atoms with Gasteiger partial charge in [0.05, 0.1) is 19.8 Å². The number of hydrogen-bond acceptors (Lipinski definition) is 4. The molecule has 5 heteroatoms. The van der Waals surface area contributed by atoms with Crippen molar-refractivity contribution in [3.05, 3.63) is 29.6 Å². The number of benzene rings is 1. The van der Waals surface area contributed by atoms with E-state index in [0.29, 0.717) is 13.2 Å². The van der Waals surface area contributed by atoms with Crippen molar-refractivity contribution < 1.29 is 23.4 Å². The Morgan fingerprint density at radius 1 is 1.56 bits per heavy atom. The molecule has 1 heterocycles. The number of halogens is 1. The Balaban J connectivity index is 1.93. The number of carbonyl (C=O) groups is 1. The second-order valence-electron chi connectivity index (χ2n) is 4.07. The third-order valence-corrected chi connectivity index (χ3v) is 2.81. The van der Waals surface area contributed by atoms with Gasteiger partial charge in [-0.05, 0) is 24.6 Å². The minimum Gasteiger partial charge on any atom is -0.494 e. The number of methoxy groups -OCH3 is 1. The third kappa shape index (κ3) is 3.05. The summed E-state index contributed by atoms with van der Waals surface area (Å²) in [6.45, 7) is 1.13. The van der Waals surface area contributed by atoms with Crippen molar-refractivity contribution in [3.63, 3.8) is 0 Å². The molecule has 0 aliphatic carbocycles. The van der Waals surface area contributed by atoms with Crippen LogP contribution < -0.4 is 4.74 Å². The zero-order valence-electron chi connectivity index (χ0n) is 10.1. The van der Waals surface area contributed by atoms with Crippen LogP contribution >= 0.6 is 0 Å². The summed E-state index contributed by atoms with van der Waals surface area (Å²) < 4.78 is 28.7. The second-order valence-corrected chi connectivity index (χ2v) is 4.07. The maximum atomic E-state index is 13.4. The SMILES string of the molecule is COc1ccc(C(=O)COC2CCOC2)cc1F. The first-order valence-electron chi connectivity index (χ1n) is 5.77. The highest BCUT2D eigenvalue weighted by Gasteiger charge is 2.18. The summed E-state index contributed by atoms with van der Waals surface area (Å²) in [5.74, 6) is -0.673. The van der Waals surface area contributed by atoms with Crippen LogP contribution in [0.1, 0.15) is 16.8 Å². The van der Waals surface area contributed by atoms with E-state index in [-0.39, 0.29) is 29.8 Å². The van der Waals surface area contributed by atoms with E-state index in [4.69, 9.17) is 14.2 Å². The Morgan fingerprint density at radius 3 is 3.00 bits per heavy atom. The molecule has 1 aliphatic rings. The summed E-state index contributed by atoms with van der Waals surface area (Å²) in [6, 6.07) is 4.12. The zero-order chi connectivity index (χ0) is 13.0. The normalized spacial score (nSPS) is 18.9. The molecule has 1 unspecified atom stereocenters. The molecule has 0 N–H and O–H groups in total. The Kier molecular flexibility index (Phi) is 4.28. The van der Waals surface area contributed by atoms with E-state index in [1.807, 2.05) is 0 Å². The fraction of sp³-hybridized carbons (Fsp3) is 0.462. The number of rotatable bonds is 5. The van der Waals surface area contributed by atoms with E-state index >= 15 is 0 Å². The van der Waals surface area contributed by atoms with Gasteiger partial charge in [-0.25, -0.2) is 4.39 Å². The van der Waals surface area contributed by atoms with Gasteiger partial charge < -0.3 is 14.2 Å². The van der Waals surface area contributed by atoms with Crippen molar-refractivity contribution in [2.45, 2.75) is 12.5 Å². The summed E-state index contributed by atoms with van der Waals surface area (Å²) in [6.07, 6.45) is 0.765. The standard InChI is InChI=1S/C13H15FO4/c1-16-13-3-2-9(6-11(13)14)12(15)8-18-10-4-5-17-7-10/h2-3,6,10H,4-5,7-8H2,1H3. The molecule has 98 valence electrons. The van der Waals surface area contributed by atoms with Gasteiger partial charge in [-0.1, -0.05) is 0 Å². The molecule has 0 radical (unpaired) electrons. The molecule has 4 nitrogen and oxygen atoms in total. The van der Waals surface area contributed by atoms with Gasteiger partial charge in [-0.3, -0.25) is 4.79 Å². The molecule has 1 aromatic rings. The lowest BCUT2D eigenvalue weighted by Crippen LogP contribution is -2.18. The monoisotopic (exact) mass is 254 g/mol. The minimum absolute atomic E-state index is 0.0305. The van der Waals surface area contributed by atoms with Gasteiger partial charge in [0.15, 0.2) is 17.3 Å². The highest BCUT2D eigenvalue weighted by atomic mass is 19.1. The predicted molar refractivity (Wildman–Crippen MR) is 62.5 cm³/mol. The quantitative estimate of drug-likeness (QED) is 0.752. The molecule has 1 fully saturated rings. The first-order valence-corrected chi connectivity index (χ1v) is 5.77. The van der Waals surface area contributed by atoms with E-state index in [1.165, 1.54) is 19.2 Å². The smallest absolute Gasteiger partial charge is 0.188 e. The molecule has 1 saturated heterocycles. The first kappa shape index (κ1) is 13.0. The molecule has 0 saturated carbocycles. The van der Waals surface area contributed by atoms with Gasteiger partial charge in [0.2, 0.25) is 0 Å². The second kappa shape index (κ2) is 5.93. The van der Waals surface area contributed by atoms with Gasteiger partial charge in [0, 0.05) is 12.2 Å². The highest BCUT2D eigenvalue weighted by molar-refractivity contribution is 5.97. The van der Waals surface area contributed by atoms with Crippen LogP contribution in [0, 0.1) is 5.82 Å². The average molecular weight is 254 g/mol. The average Bonchev–Trinajstić information content (AvgIpc) is 2.89. The number of ketones is 1. The van der Waals surface area contributed by atoms with Crippen LogP contribution in [0.4, 0.5) is 4.39 Å². The van der Waals surface area contributed by atoms with Crippen molar-refractivity contribution >= 4 is 5.78 Å². The van der Waals surface area contributed by atoms with Crippen LogP contribution in [-0.4, -0.2) is 38.8 Å². The molecular formula is C13H15FO4. The van der Waals surface area contributed by atoms with Gasteiger partial charge >= 0.3 is 0 Å². The lowest BCUT2D eigenvalue weighted by Gasteiger charge is -2.09. The maximum Gasteiger partial charge on any atom is 0.188 e. The molecule has 1 atom stereocenters. The summed E-state index contributed by atoms with van der Waals surface area (Å²) in [5, 5.41) is 0. The summed E-state index contributed by atoms with van der Waals surface area (Å²) in [4.78, 5) is 11.8. The van der Waals surface area contributed by atoms with Gasteiger partial charge in [-0.2, -0.15) is 0 Å². The molecule has 1 aliphatic heterocycles. The van der Waals surface area contributed by atoms with E-state index in [1.54, 1.807) is 0 Å². The molecule has 2 rings (SSSR count). The van der Waals surface area contributed by atoms with Crippen molar-refractivity contribution in [1.82, 2.24) is 0 Å². The largest absolute Gasteiger partial charge is 0.494 e. The summed E-state index contributed by atoms with van der Waals surface area (Å²) in [5.41, 5.74) is 0.284. The fourth-order valence-corrected chi connectivity index (χ4v) is 1.76. The van der Waals surface area contributed by atoms with E-state index < -0.39 is 5.82 Å². The van der Waals surface area contributed by atoms with Crippen molar-refractivity contribution in [3.8, 4) is 5.75 Å². The van der Waals surface area contributed by atoms with E-state index in [9.17, 15) is 9.18 Å². The number of carbonyl (C=O) groups excluding carboxylic acids is 1. The minimum atomic E-state index is -0.549. The molecule has 1 aromatic carbocycles. The molecule has 0 aromatic heterocycles. The number of hydrogen-bond donors (Lipinski definition) is 0. The lowest BCUT2D eigenvalue weighted by molar-refractivity contribution is 0.0390. The Hall–Kier alpha value is -1.46. The Labute approximate surface area is 105 Å². The summed E-state index contributed by atoms with van der Waals surface area (Å²) in [7, 11) is 1.38. The molecular weight excluding hydrogens is 239 g/mol. The van der Waals surface area contributed by atoms with Crippen LogP contribution in [0.25, 0.3) is 0 Å². The van der Waals surface area contributed by atoms with E-state index in [2.05, 4.69) is 0 Å². The van der Waals surface area contributed by atoms with Crippen LogP contribution in [0.3, 0.4) is 0 Å². The van der Waals surface area contributed by atoms with Gasteiger partial charge in [0.25, 0.3) is 0 Å². The predicted octanol–water partition coefficient (Wildman–Crippen LogP) is 1.82. The zero-order valence-corrected chi connectivity index (χ0v) is 10.1. The summed E-state index contributed by atoms with van der Waals surface area (Å²) >= 11 is 0. The maximum absolute atomic E-state index is 13.4. The lowest BCUT2D eigenvalue weighted by atomic mass is 10.1. The molecule has 0 bridgehead atoms. The number of ether oxygens (including phenoxy) is 3. The third-order valence-electron chi connectivity index (χ3n) is 2.81. The van der Waals surface area contributed by atoms with Crippen LogP contribution in [0.2, 0.25) is 0 Å². The topological polar surface area (TPSA) is 44.8 Å². The van der Waals surface area contributed by atoms with Crippen LogP contribution in [0.15, 0.2) is 18.2 Å². The first-order chi connectivity index (χ1) is 8.70. The molecule has 18 heavy (non-hydrogen) atoms. The fourth-order valence-electron chi connectivity index (χ4n) is 1.76. The van der Waals surface area contributed by atoms with Crippen LogP contribution in [0.5, 0.6) is 5.75 Å². The van der Waals surface area contributed by atoms with Crippen molar-refractivity contribution in [1.29, 1.82) is 0 Å². The Bertz CT molecular complexity index is 427. The van der Waals surface area contributed by atoms with Gasteiger partial charge in [0.1, 0.15) is 6.61 Å². The van der Waals surface area contributed by atoms with E-state index in [0.717, 1.165) is 12.5 Å². The Morgan fingerprint density at radius 2 is 2.39 bits per heavy atom. The molecule has 0 amide bonds. The van der Waals surface area contributed by atoms with Crippen LogP contribution in [-0.2, 0) is 9.47 Å². The highest BCUT2D eigenvalue weighted by Crippen LogP contribution is 2.18. The van der Waals surface area contributed by atoms with Gasteiger partial charge in [-0.15, -0.1) is 0 Å². The van der Waals surface area contributed by atoms with Crippen molar-refractivity contribution in [2.75, 3.05) is 26.9 Å². The number of Topliss-reactive ketones (excluding diaryl/α,β-unsaturated/α-hetero) is 1. The molecule has 0 spiro atoms. The van der Waals surface area contributed by atoms with Crippen molar-refractivity contribution in [2.24, 2.45) is 0 Å².